The van der Waals surface area contributed by atoms with Crippen molar-refractivity contribution in [3.63, 3.8) is 0 Å². The highest BCUT2D eigenvalue weighted by Crippen LogP contribution is 2.21. The van der Waals surface area contributed by atoms with Gasteiger partial charge in [-0.05, 0) is 30.7 Å². The number of halogens is 1. The Hall–Kier alpha value is -1.97. The maximum atomic E-state index is 13.0. The van der Waals surface area contributed by atoms with Gasteiger partial charge in [0, 0.05) is 5.56 Å². The summed E-state index contributed by atoms with van der Waals surface area (Å²) in [5, 5.41) is 3.74. The minimum atomic E-state index is -0.319. The Morgan fingerprint density at radius 2 is 2.27 bits per heavy atom. The molecular weight excluding hydrogens is 195 g/mol. The van der Waals surface area contributed by atoms with Gasteiger partial charge < -0.3 is 4.52 Å². The lowest BCUT2D eigenvalue weighted by molar-refractivity contribution is 0.411. The highest BCUT2D eigenvalue weighted by atomic mass is 19.1. The standard InChI is InChI=1S/C11H9FN2O/c1-3-10-13-11(14-15-10)9-6-8(12)5-4-7(9)2/h3-6H,1H2,2H3. The quantitative estimate of drug-likeness (QED) is 0.755. The lowest BCUT2D eigenvalue weighted by atomic mass is 10.1. The Morgan fingerprint density at radius 1 is 1.47 bits per heavy atom. The van der Waals surface area contributed by atoms with Gasteiger partial charge in [-0.25, -0.2) is 4.39 Å². The van der Waals surface area contributed by atoms with E-state index in [1.54, 1.807) is 6.07 Å². The molecule has 1 aromatic heterocycles. The predicted molar refractivity (Wildman–Crippen MR) is 54.5 cm³/mol. The number of hydrogen-bond donors (Lipinski definition) is 0. The second-order valence-corrected chi connectivity index (χ2v) is 3.12. The van der Waals surface area contributed by atoms with Crippen molar-refractivity contribution >= 4 is 6.08 Å². The minimum Gasteiger partial charge on any atom is -0.334 e. The molecule has 0 fully saturated rings. The molecule has 1 heterocycles. The number of hydrogen-bond acceptors (Lipinski definition) is 3. The SMILES string of the molecule is C=Cc1nc(-c2cc(F)ccc2C)no1. The summed E-state index contributed by atoms with van der Waals surface area (Å²) in [6.07, 6.45) is 1.45. The van der Waals surface area contributed by atoms with Crippen LogP contribution in [0.15, 0.2) is 29.3 Å². The van der Waals surface area contributed by atoms with Gasteiger partial charge in [0.1, 0.15) is 5.82 Å². The Morgan fingerprint density at radius 3 is 2.93 bits per heavy atom. The van der Waals surface area contributed by atoms with Gasteiger partial charge in [0.15, 0.2) is 0 Å². The molecule has 0 radical (unpaired) electrons. The molecular formula is C11H9FN2O. The van der Waals surface area contributed by atoms with Crippen LogP contribution in [0.3, 0.4) is 0 Å². The van der Waals surface area contributed by atoms with Crippen LogP contribution in [0, 0.1) is 12.7 Å². The van der Waals surface area contributed by atoms with Crippen LogP contribution < -0.4 is 0 Å². The summed E-state index contributed by atoms with van der Waals surface area (Å²) in [5.74, 6) is 0.385. The third-order valence-electron chi connectivity index (χ3n) is 2.06. The summed E-state index contributed by atoms with van der Waals surface area (Å²) >= 11 is 0. The minimum absolute atomic E-state index is 0.319. The molecule has 76 valence electrons. The van der Waals surface area contributed by atoms with Gasteiger partial charge >= 0.3 is 0 Å². The zero-order chi connectivity index (χ0) is 10.8. The molecule has 0 spiro atoms. The normalized spacial score (nSPS) is 10.3. The fourth-order valence-electron chi connectivity index (χ4n) is 1.26. The van der Waals surface area contributed by atoms with Gasteiger partial charge in [0.2, 0.25) is 11.7 Å². The largest absolute Gasteiger partial charge is 0.334 e. The molecule has 15 heavy (non-hydrogen) atoms. The van der Waals surface area contributed by atoms with E-state index in [0.29, 0.717) is 17.3 Å². The zero-order valence-corrected chi connectivity index (χ0v) is 8.20. The first-order chi connectivity index (χ1) is 7.20. The van der Waals surface area contributed by atoms with E-state index < -0.39 is 0 Å². The van der Waals surface area contributed by atoms with Gasteiger partial charge in [0.25, 0.3) is 0 Å². The van der Waals surface area contributed by atoms with E-state index in [0.717, 1.165) is 5.56 Å². The third kappa shape index (κ3) is 1.79. The molecule has 2 rings (SSSR count). The maximum absolute atomic E-state index is 13.0. The molecule has 0 atom stereocenters. The van der Waals surface area contributed by atoms with E-state index in [2.05, 4.69) is 16.7 Å². The van der Waals surface area contributed by atoms with Gasteiger partial charge in [-0.2, -0.15) is 4.98 Å². The van der Waals surface area contributed by atoms with E-state index in [1.165, 1.54) is 18.2 Å². The topological polar surface area (TPSA) is 38.9 Å². The molecule has 0 bridgehead atoms. The summed E-state index contributed by atoms with van der Waals surface area (Å²) < 4.78 is 17.9. The fraction of sp³-hybridized carbons (Fsp3) is 0.0909. The molecule has 0 saturated heterocycles. The first kappa shape index (κ1) is 9.58. The molecule has 1 aromatic carbocycles. The lowest BCUT2D eigenvalue weighted by Gasteiger charge is -1.99. The van der Waals surface area contributed by atoms with Crippen LogP contribution in [-0.2, 0) is 0 Å². The second-order valence-electron chi connectivity index (χ2n) is 3.12. The first-order valence-electron chi connectivity index (χ1n) is 4.43. The smallest absolute Gasteiger partial charge is 0.250 e. The molecule has 0 N–H and O–H groups in total. The summed E-state index contributed by atoms with van der Waals surface area (Å²) in [7, 11) is 0. The van der Waals surface area contributed by atoms with E-state index in [-0.39, 0.29) is 5.82 Å². The van der Waals surface area contributed by atoms with Gasteiger partial charge in [0.05, 0.1) is 0 Å². The van der Waals surface area contributed by atoms with Crippen LogP contribution in [0.1, 0.15) is 11.5 Å². The highest BCUT2D eigenvalue weighted by molar-refractivity contribution is 5.60. The van der Waals surface area contributed by atoms with E-state index in [1.807, 2.05) is 6.92 Å². The Kier molecular flexibility index (Phi) is 2.33. The van der Waals surface area contributed by atoms with Crippen molar-refractivity contribution in [1.29, 1.82) is 0 Å². The number of benzene rings is 1. The number of aryl methyl sites for hydroxylation is 1. The summed E-state index contributed by atoms with van der Waals surface area (Å²) in [6, 6.07) is 4.45. The first-order valence-corrected chi connectivity index (χ1v) is 4.43. The average molecular weight is 204 g/mol. The Balaban J connectivity index is 2.52. The Bertz CT molecular complexity index is 505. The molecule has 0 aliphatic carbocycles. The van der Waals surface area contributed by atoms with Crippen molar-refractivity contribution in [2.45, 2.75) is 6.92 Å². The van der Waals surface area contributed by atoms with Gasteiger partial charge in [-0.1, -0.05) is 17.8 Å². The van der Waals surface area contributed by atoms with E-state index in [4.69, 9.17) is 4.52 Å². The molecule has 3 nitrogen and oxygen atoms in total. The van der Waals surface area contributed by atoms with Crippen molar-refractivity contribution in [3.8, 4) is 11.4 Å². The molecule has 0 aliphatic rings. The molecule has 0 amide bonds. The number of rotatable bonds is 2. The fourth-order valence-corrected chi connectivity index (χ4v) is 1.26. The van der Waals surface area contributed by atoms with Crippen molar-refractivity contribution < 1.29 is 8.91 Å². The molecule has 0 saturated carbocycles. The summed E-state index contributed by atoms with van der Waals surface area (Å²) in [6.45, 7) is 5.37. The molecule has 0 unspecified atom stereocenters. The average Bonchev–Trinajstić information content (AvgIpc) is 2.70. The van der Waals surface area contributed by atoms with Gasteiger partial charge in [-0.3, -0.25) is 0 Å². The third-order valence-corrected chi connectivity index (χ3v) is 2.06. The lowest BCUT2D eigenvalue weighted by Crippen LogP contribution is -1.87. The van der Waals surface area contributed by atoms with Crippen molar-refractivity contribution in [3.05, 3.63) is 42.0 Å². The number of nitrogens with zero attached hydrogens (tertiary/aromatic N) is 2. The number of aromatic nitrogens is 2. The maximum Gasteiger partial charge on any atom is 0.250 e. The summed E-state index contributed by atoms with van der Waals surface area (Å²) in [5.41, 5.74) is 1.53. The van der Waals surface area contributed by atoms with Gasteiger partial charge in [-0.15, -0.1) is 0 Å². The van der Waals surface area contributed by atoms with Crippen LogP contribution in [0.25, 0.3) is 17.5 Å². The van der Waals surface area contributed by atoms with Crippen LogP contribution in [0.5, 0.6) is 0 Å². The van der Waals surface area contributed by atoms with Crippen molar-refractivity contribution in [2.24, 2.45) is 0 Å². The summed E-state index contributed by atoms with van der Waals surface area (Å²) in [4.78, 5) is 4.04. The van der Waals surface area contributed by atoms with E-state index in [9.17, 15) is 4.39 Å². The van der Waals surface area contributed by atoms with Crippen LogP contribution >= 0.6 is 0 Å². The van der Waals surface area contributed by atoms with Crippen molar-refractivity contribution in [1.82, 2.24) is 10.1 Å². The zero-order valence-electron chi connectivity index (χ0n) is 8.20. The van der Waals surface area contributed by atoms with Crippen LogP contribution in [0.2, 0.25) is 0 Å². The molecule has 0 aliphatic heterocycles. The monoisotopic (exact) mass is 204 g/mol. The second kappa shape index (κ2) is 3.65. The van der Waals surface area contributed by atoms with Crippen molar-refractivity contribution in [2.75, 3.05) is 0 Å². The highest BCUT2D eigenvalue weighted by Gasteiger charge is 2.09. The van der Waals surface area contributed by atoms with E-state index >= 15 is 0 Å². The molecule has 4 heteroatoms. The van der Waals surface area contributed by atoms with Crippen LogP contribution in [0.4, 0.5) is 4.39 Å². The Labute approximate surface area is 86.2 Å². The molecule has 2 aromatic rings. The predicted octanol–water partition coefficient (Wildman–Crippen LogP) is 2.83. The van der Waals surface area contributed by atoms with Crippen LogP contribution in [-0.4, -0.2) is 10.1 Å².